The van der Waals surface area contributed by atoms with Crippen LogP contribution in [0.5, 0.6) is 0 Å². The summed E-state index contributed by atoms with van der Waals surface area (Å²) in [6.45, 7) is 5.57. The minimum Gasteiger partial charge on any atom is -0.462 e. The fourth-order valence-electron chi connectivity index (χ4n) is 2.82. The number of fused-ring (bicyclic) bond motifs is 1. The van der Waals surface area contributed by atoms with E-state index in [9.17, 15) is 4.79 Å². The van der Waals surface area contributed by atoms with Crippen molar-refractivity contribution >= 4 is 11.7 Å². The van der Waals surface area contributed by atoms with Gasteiger partial charge in [-0.3, -0.25) is 0 Å². The van der Waals surface area contributed by atoms with Crippen LogP contribution in [-0.4, -0.2) is 38.3 Å². The van der Waals surface area contributed by atoms with Crippen LogP contribution in [-0.2, 0) is 4.74 Å². The molecule has 2 saturated heterocycles. The van der Waals surface area contributed by atoms with Gasteiger partial charge in [0.1, 0.15) is 0 Å². The average Bonchev–Trinajstić information content (AvgIpc) is 2.72. The number of esters is 1. The molecule has 0 amide bonds. The third-order valence-electron chi connectivity index (χ3n) is 3.85. The third kappa shape index (κ3) is 1.86. The molecule has 0 spiro atoms. The molecule has 2 atom stereocenters. The van der Waals surface area contributed by atoms with Gasteiger partial charge in [-0.15, -0.1) is 0 Å². The first-order valence-corrected chi connectivity index (χ1v) is 6.54. The quantitative estimate of drug-likeness (QED) is 0.816. The topological polar surface area (TPSA) is 41.6 Å². The first-order chi connectivity index (χ1) is 8.79. The van der Waals surface area contributed by atoms with E-state index in [0.29, 0.717) is 18.2 Å². The fraction of sp³-hybridized carbons (Fsp3) is 0.500. The van der Waals surface area contributed by atoms with Crippen LogP contribution in [0.15, 0.2) is 24.3 Å². The van der Waals surface area contributed by atoms with Crippen LogP contribution in [0.2, 0.25) is 0 Å². The van der Waals surface area contributed by atoms with E-state index in [0.717, 1.165) is 25.6 Å². The molecule has 96 valence electrons. The summed E-state index contributed by atoms with van der Waals surface area (Å²) in [5.74, 6) is 0.558. The summed E-state index contributed by atoms with van der Waals surface area (Å²) >= 11 is 0. The first kappa shape index (κ1) is 11.5. The van der Waals surface area contributed by atoms with E-state index < -0.39 is 0 Å². The number of hydrogen-bond acceptors (Lipinski definition) is 4. The summed E-state index contributed by atoms with van der Waals surface area (Å²) < 4.78 is 4.98. The van der Waals surface area contributed by atoms with E-state index in [4.69, 9.17) is 4.74 Å². The maximum absolute atomic E-state index is 11.5. The van der Waals surface area contributed by atoms with Crippen LogP contribution >= 0.6 is 0 Å². The Morgan fingerprint density at radius 3 is 2.83 bits per heavy atom. The van der Waals surface area contributed by atoms with Gasteiger partial charge in [-0.1, -0.05) is 0 Å². The largest absolute Gasteiger partial charge is 0.462 e. The van der Waals surface area contributed by atoms with Crippen molar-refractivity contribution in [1.82, 2.24) is 5.32 Å². The van der Waals surface area contributed by atoms with Gasteiger partial charge in [0, 0.05) is 37.3 Å². The van der Waals surface area contributed by atoms with E-state index in [1.807, 2.05) is 31.2 Å². The summed E-state index contributed by atoms with van der Waals surface area (Å²) in [4.78, 5) is 13.9. The molecule has 2 aliphatic heterocycles. The second-order valence-electron chi connectivity index (χ2n) is 4.91. The molecule has 2 unspecified atom stereocenters. The Balaban J connectivity index is 1.70. The van der Waals surface area contributed by atoms with Crippen LogP contribution in [0.4, 0.5) is 5.69 Å². The lowest BCUT2D eigenvalue weighted by Gasteiger charge is -2.45. The predicted octanol–water partition coefficient (Wildman–Crippen LogP) is 1.27. The maximum atomic E-state index is 11.5. The number of benzene rings is 1. The van der Waals surface area contributed by atoms with Crippen molar-refractivity contribution in [2.75, 3.05) is 31.1 Å². The van der Waals surface area contributed by atoms with Gasteiger partial charge in [0.2, 0.25) is 0 Å². The fourth-order valence-corrected chi connectivity index (χ4v) is 2.82. The zero-order valence-corrected chi connectivity index (χ0v) is 10.6. The molecule has 18 heavy (non-hydrogen) atoms. The molecule has 3 rings (SSSR count). The van der Waals surface area contributed by atoms with Crippen molar-refractivity contribution in [3.8, 4) is 0 Å². The molecule has 1 N–H and O–H groups in total. The summed E-state index contributed by atoms with van der Waals surface area (Å²) in [6, 6.07) is 8.37. The highest BCUT2D eigenvalue weighted by atomic mass is 16.5. The lowest BCUT2D eigenvalue weighted by Crippen LogP contribution is -2.55. The number of nitrogens with one attached hydrogen (secondary N) is 1. The van der Waals surface area contributed by atoms with Crippen molar-refractivity contribution in [3.63, 3.8) is 0 Å². The number of anilines is 1. The first-order valence-electron chi connectivity index (χ1n) is 6.54. The Morgan fingerprint density at radius 2 is 2.17 bits per heavy atom. The van der Waals surface area contributed by atoms with Gasteiger partial charge >= 0.3 is 5.97 Å². The molecular weight excluding hydrogens is 228 g/mol. The van der Waals surface area contributed by atoms with Crippen LogP contribution in [0, 0.1) is 5.92 Å². The Morgan fingerprint density at radius 1 is 1.39 bits per heavy atom. The van der Waals surface area contributed by atoms with E-state index in [-0.39, 0.29) is 5.97 Å². The molecule has 0 aromatic heterocycles. The van der Waals surface area contributed by atoms with Gasteiger partial charge in [-0.05, 0) is 31.2 Å². The minimum absolute atomic E-state index is 0.243. The lowest BCUT2D eigenvalue weighted by atomic mass is 9.91. The summed E-state index contributed by atoms with van der Waals surface area (Å²) in [7, 11) is 0. The van der Waals surface area contributed by atoms with Crippen LogP contribution in [0.1, 0.15) is 17.3 Å². The van der Waals surface area contributed by atoms with Gasteiger partial charge in [0.25, 0.3) is 0 Å². The van der Waals surface area contributed by atoms with Gasteiger partial charge < -0.3 is 15.0 Å². The highest BCUT2D eigenvalue weighted by Gasteiger charge is 2.41. The number of ether oxygens (including phenoxy) is 1. The SMILES string of the molecule is CCOC(=O)c1ccc(N2CC3CNCC32)cc1. The molecule has 1 aromatic carbocycles. The molecule has 1 aromatic rings. The molecule has 2 aliphatic rings. The molecular formula is C14H18N2O2. The number of rotatable bonds is 3. The van der Waals surface area contributed by atoms with Crippen molar-refractivity contribution in [3.05, 3.63) is 29.8 Å². The summed E-state index contributed by atoms with van der Waals surface area (Å²) in [6.07, 6.45) is 0. The molecule has 0 aliphatic carbocycles. The lowest BCUT2D eigenvalue weighted by molar-refractivity contribution is 0.0526. The number of hydrogen-bond donors (Lipinski definition) is 1. The Labute approximate surface area is 107 Å². The average molecular weight is 246 g/mol. The van der Waals surface area contributed by atoms with E-state index in [1.54, 1.807) is 0 Å². The van der Waals surface area contributed by atoms with E-state index in [2.05, 4.69) is 10.2 Å². The highest BCUT2D eigenvalue weighted by molar-refractivity contribution is 5.89. The van der Waals surface area contributed by atoms with Crippen molar-refractivity contribution in [2.45, 2.75) is 13.0 Å². The highest BCUT2D eigenvalue weighted by Crippen LogP contribution is 2.33. The third-order valence-corrected chi connectivity index (χ3v) is 3.85. The van der Waals surface area contributed by atoms with Crippen LogP contribution < -0.4 is 10.2 Å². The zero-order valence-electron chi connectivity index (χ0n) is 10.6. The molecule has 2 fully saturated rings. The molecule has 4 heteroatoms. The monoisotopic (exact) mass is 246 g/mol. The number of nitrogens with zero attached hydrogens (tertiary/aromatic N) is 1. The van der Waals surface area contributed by atoms with Crippen LogP contribution in [0.3, 0.4) is 0 Å². The smallest absolute Gasteiger partial charge is 0.338 e. The second kappa shape index (κ2) is 4.61. The maximum Gasteiger partial charge on any atom is 0.338 e. The standard InChI is InChI=1S/C14H18N2O2/c1-2-18-14(17)10-3-5-12(6-4-10)16-9-11-7-15-8-13(11)16/h3-6,11,13,15H,2,7-9H2,1H3. The van der Waals surface area contributed by atoms with Crippen molar-refractivity contribution in [2.24, 2.45) is 5.92 Å². The number of carbonyl (C=O) groups excluding carboxylic acids is 1. The van der Waals surface area contributed by atoms with Gasteiger partial charge in [0.05, 0.1) is 12.2 Å². The van der Waals surface area contributed by atoms with E-state index in [1.165, 1.54) is 5.69 Å². The predicted molar refractivity (Wildman–Crippen MR) is 69.9 cm³/mol. The summed E-state index contributed by atoms with van der Waals surface area (Å²) in [5, 5.41) is 3.41. The molecule has 4 nitrogen and oxygen atoms in total. The molecule has 0 radical (unpaired) electrons. The zero-order chi connectivity index (χ0) is 12.5. The number of carbonyl (C=O) groups is 1. The van der Waals surface area contributed by atoms with Crippen molar-refractivity contribution in [1.29, 1.82) is 0 Å². The van der Waals surface area contributed by atoms with Crippen LogP contribution in [0.25, 0.3) is 0 Å². The summed E-state index contributed by atoms with van der Waals surface area (Å²) in [5.41, 5.74) is 1.83. The normalized spacial score (nSPS) is 25.5. The Kier molecular flexibility index (Phi) is 2.96. The second-order valence-corrected chi connectivity index (χ2v) is 4.91. The Hall–Kier alpha value is -1.55. The molecule has 0 saturated carbocycles. The van der Waals surface area contributed by atoms with Gasteiger partial charge in [0.15, 0.2) is 0 Å². The molecule has 0 bridgehead atoms. The Bertz CT molecular complexity index is 444. The minimum atomic E-state index is -0.243. The van der Waals surface area contributed by atoms with E-state index >= 15 is 0 Å². The van der Waals surface area contributed by atoms with Gasteiger partial charge in [-0.25, -0.2) is 4.79 Å². The van der Waals surface area contributed by atoms with Gasteiger partial charge in [-0.2, -0.15) is 0 Å². The van der Waals surface area contributed by atoms with Crippen molar-refractivity contribution < 1.29 is 9.53 Å². The molecule has 2 heterocycles.